The predicted molar refractivity (Wildman–Crippen MR) is 112 cm³/mol. The molecule has 2 rings (SSSR count). The first kappa shape index (κ1) is 21.3. The van der Waals surface area contributed by atoms with Crippen molar-refractivity contribution < 1.29 is 0 Å². The van der Waals surface area contributed by atoms with Crippen molar-refractivity contribution >= 4 is 29.9 Å². The third-order valence-corrected chi connectivity index (χ3v) is 4.46. The summed E-state index contributed by atoms with van der Waals surface area (Å²) in [6.45, 7) is 10.4. The van der Waals surface area contributed by atoms with Crippen LogP contribution in [0.3, 0.4) is 0 Å². The van der Waals surface area contributed by atoms with Gasteiger partial charge in [0.25, 0.3) is 0 Å². The van der Waals surface area contributed by atoms with Crippen molar-refractivity contribution in [1.29, 1.82) is 0 Å². The quantitative estimate of drug-likeness (QED) is 0.394. The van der Waals surface area contributed by atoms with Crippen LogP contribution in [0.25, 0.3) is 0 Å². The Morgan fingerprint density at radius 3 is 2.75 bits per heavy atom. The van der Waals surface area contributed by atoms with Gasteiger partial charge in [-0.25, -0.2) is 0 Å². The monoisotopic (exact) mass is 447 g/mol. The number of rotatable bonds is 7. The maximum atomic E-state index is 4.68. The third kappa shape index (κ3) is 5.63. The SMILES string of the molecule is CCCC1CC1NC(=NCC)N(C)Cc1cn(C)nc1C(C)C.I. The molecular formula is C18H34IN5. The molecule has 0 spiro atoms. The van der Waals surface area contributed by atoms with E-state index < -0.39 is 0 Å². The summed E-state index contributed by atoms with van der Waals surface area (Å²) >= 11 is 0. The first-order valence-electron chi connectivity index (χ1n) is 9.00. The Kier molecular flexibility index (Phi) is 8.53. The van der Waals surface area contributed by atoms with Crippen molar-refractivity contribution in [2.24, 2.45) is 18.0 Å². The highest BCUT2D eigenvalue weighted by Crippen LogP contribution is 2.34. The Balaban J connectivity index is 0.00000288. The van der Waals surface area contributed by atoms with E-state index in [1.807, 2.05) is 11.7 Å². The van der Waals surface area contributed by atoms with Crippen LogP contribution in [0.5, 0.6) is 0 Å². The molecule has 5 nitrogen and oxygen atoms in total. The van der Waals surface area contributed by atoms with E-state index in [-0.39, 0.29) is 24.0 Å². The van der Waals surface area contributed by atoms with Gasteiger partial charge in [-0.1, -0.05) is 27.2 Å². The van der Waals surface area contributed by atoms with Gasteiger partial charge in [0.2, 0.25) is 0 Å². The Morgan fingerprint density at radius 1 is 1.46 bits per heavy atom. The van der Waals surface area contributed by atoms with E-state index in [1.54, 1.807) is 0 Å². The Bertz CT molecular complexity index is 538. The number of guanidine groups is 1. The van der Waals surface area contributed by atoms with Crippen LogP contribution in [-0.4, -0.2) is 40.3 Å². The highest BCUT2D eigenvalue weighted by molar-refractivity contribution is 14.0. The van der Waals surface area contributed by atoms with Crippen LogP contribution in [0.4, 0.5) is 0 Å². The minimum Gasteiger partial charge on any atom is -0.353 e. The number of nitrogens with one attached hydrogen (secondary N) is 1. The Morgan fingerprint density at radius 2 is 2.17 bits per heavy atom. The second-order valence-corrected chi connectivity index (χ2v) is 7.06. The third-order valence-electron chi connectivity index (χ3n) is 4.46. The zero-order chi connectivity index (χ0) is 17.0. The molecule has 1 saturated carbocycles. The highest BCUT2D eigenvalue weighted by Gasteiger charge is 2.37. The molecule has 1 fully saturated rings. The summed E-state index contributed by atoms with van der Waals surface area (Å²) < 4.78 is 1.92. The van der Waals surface area contributed by atoms with Crippen LogP contribution in [-0.2, 0) is 13.6 Å². The molecule has 1 heterocycles. The lowest BCUT2D eigenvalue weighted by atomic mass is 10.1. The number of hydrogen-bond donors (Lipinski definition) is 1. The van der Waals surface area contributed by atoms with Gasteiger partial charge in [-0.3, -0.25) is 9.67 Å². The maximum Gasteiger partial charge on any atom is 0.194 e. The summed E-state index contributed by atoms with van der Waals surface area (Å²) in [7, 11) is 4.12. The number of nitrogens with zero attached hydrogens (tertiary/aromatic N) is 4. The Labute approximate surface area is 164 Å². The number of aliphatic imine (C=N–C) groups is 1. The largest absolute Gasteiger partial charge is 0.353 e. The molecule has 2 atom stereocenters. The lowest BCUT2D eigenvalue weighted by molar-refractivity contribution is 0.468. The summed E-state index contributed by atoms with van der Waals surface area (Å²) in [4.78, 5) is 6.91. The fourth-order valence-electron chi connectivity index (χ4n) is 3.20. The van der Waals surface area contributed by atoms with Gasteiger partial charge in [-0.05, 0) is 31.6 Å². The molecule has 0 aliphatic heterocycles. The van der Waals surface area contributed by atoms with Crippen molar-refractivity contribution in [2.45, 2.75) is 65.5 Å². The van der Waals surface area contributed by atoms with Gasteiger partial charge in [0.1, 0.15) is 0 Å². The van der Waals surface area contributed by atoms with Crippen LogP contribution < -0.4 is 5.32 Å². The zero-order valence-electron chi connectivity index (χ0n) is 16.0. The summed E-state index contributed by atoms with van der Waals surface area (Å²) in [6, 6.07) is 0.612. The van der Waals surface area contributed by atoms with Crippen molar-refractivity contribution in [2.75, 3.05) is 13.6 Å². The second kappa shape index (κ2) is 9.63. The van der Waals surface area contributed by atoms with Gasteiger partial charge in [0, 0.05) is 45.0 Å². The minimum absolute atomic E-state index is 0. The molecule has 138 valence electrons. The number of aryl methyl sites for hydroxylation is 1. The van der Waals surface area contributed by atoms with E-state index in [0.29, 0.717) is 12.0 Å². The average Bonchev–Trinajstić information content (AvgIpc) is 3.10. The molecule has 1 aromatic heterocycles. The van der Waals surface area contributed by atoms with Gasteiger partial charge >= 0.3 is 0 Å². The molecule has 24 heavy (non-hydrogen) atoms. The van der Waals surface area contributed by atoms with E-state index in [2.05, 4.69) is 61.2 Å². The van der Waals surface area contributed by atoms with Crippen LogP contribution in [0.2, 0.25) is 0 Å². The normalized spacial score (nSPS) is 20.0. The molecule has 6 heteroatoms. The summed E-state index contributed by atoms with van der Waals surface area (Å²) in [6.07, 6.45) is 6.01. The molecule has 0 aromatic carbocycles. The molecule has 1 aliphatic rings. The molecular weight excluding hydrogens is 413 g/mol. The Hall–Kier alpha value is -0.790. The van der Waals surface area contributed by atoms with Gasteiger partial charge in [-0.2, -0.15) is 5.10 Å². The summed E-state index contributed by atoms with van der Waals surface area (Å²) in [5.74, 6) is 2.30. The molecule has 1 N–H and O–H groups in total. The predicted octanol–water partition coefficient (Wildman–Crippen LogP) is 3.75. The minimum atomic E-state index is 0. The smallest absolute Gasteiger partial charge is 0.194 e. The molecule has 0 amide bonds. The van der Waals surface area contributed by atoms with E-state index >= 15 is 0 Å². The molecule has 0 saturated heterocycles. The number of halogens is 1. The molecule has 2 unspecified atom stereocenters. The van der Waals surface area contributed by atoms with Crippen LogP contribution in [0.15, 0.2) is 11.2 Å². The zero-order valence-corrected chi connectivity index (χ0v) is 18.4. The van der Waals surface area contributed by atoms with Crippen molar-refractivity contribution in [3.8, 4) is 0 Å². The summed E-state index contributed by atoms with van der Waals surface area (Å²) in [5.41, 5.74) is 2.47. The number of aromatic nitrogens is 2. The van der Waals surface area contributed by atoms with Crippen LogP contribution >= 0.6 is 24.0 Å². The van der Waals surface area contributed by atoms with Gasteiger partial charge in [-0.15, -0.1) is 24.0 Å². The van der Waals surface area contributed by atoms with Crippen LogP contribution in [0.1, 0.15) is 64.1 Å². The first-order valence-corrected chi connectivity index (χ1v) is 9.00. The van der Waals surface area contributed by atoms with Gasteiger partial charge < -0.3 is 10.2 Å². The second-order valence-electron chi connectivity index (χ2n) is 7.06. The summed E-state index contributed by atoms with van der Waals surface area (Å²) in [5, 5.41) is 8.26. The van der Waals surface area contributed by atoms with Crippen molar-refractivity contribution in [3.05, 3.63) is 17.5 Å². The fraction of sp³-hybridized carbons (Fsp3) is 0.778. The fourth-order valence-corrected chi connectivity index (χ4v) is 3.20. The average molecular weight is 447 g/mol. The highest BCUT2D eigenvalue weighted by atomic mass is 127. The van der Waals surface area contributed by atoms with Crippen LogP contribution in [0, 0.1) is 5.92 Å². The lowest BCUT2D eigenvalue weighted by Gasteiger charge is -2.23. The molecule has 1 aliphatic carbocycles. The van der Waals surface area contributed by atoms with Crippen molar-refractivity contribution in [3.63, 3.8) is 0 Å². The standard InChI is InChI=1S/C18H33N5.HI/c1-7-9-14-10-16(14)20-18(19-8-2)22(5)11-15-12-23(6)21-17(15)13(3)4;/h12-14,16H,7-11H2,1-6H3,(H,19,20);1H. The molecule has 0 bridgehead atoms. The van der Waals surface area contributed by atoms with E-state index in [9.17, 15) is 0 Å². The number of hydrogen-bond acceptors (Lipinski definition) is 2. The van der Waals surface area contributed by atoms with E-state index in [0.717, 1.165) is 25.0 Å². The molecule has 1 aromatic rings. The first-order chi connectivity index (χ1) is 11.0. The van der Waals surface area contributed by atoms with Gasteiger partial charge in [0.05, 0.1) is 5.69 Å². The van der Waals surface area contributed by atoms with Gasteiger partial charge in [0.15, 0.2) is 5.96 Å². The molecule has 0 radical (unpaired) electrons. The van der Waals surface area contributed by atoms with E-state index in [1.165, 1.54) is 30.5 Å². The topological polar surface area (TPSA) is 45.5 Å². The van der Waals surface area contributed by atoms with E-state index in [4.69, 9.17) is 0 Å². The van der Waals surface area contributed by atoms with Crippen molar-refractivity contribution in [1.82, 2.24) is 20.0 Å². The maximum absolute atomic E-state index is 4.68. The lowest BCUT2D eigenvalue weighted by Crippen LogP contribution is -2.40.